The Labute approximate surface area is 79.8 Å². The molecule has 0 aliphatic rings. The van der Waals surface area contributed by atoms with Gasteiger partial charge in [-0.15, -0.1) is 0 Å². The standard InChI is InChI=1S/C9H7NO4/c11-5-1-2-7-3-4-8(10(13)14)9(12)6-7/h3-4,6,11-12H,5H2. The molecule has 0 fully saturated rings. The third-order valence-electron chi connectivity index (χ3n) is 1.48. The van der Waals surface area contributed by atoms with E-state index in [0.717, 1.165) is 6.07 Å². The molecule has 0 saturated carbocycles. The summed E-state index contributed by atoms with van der Waals surface area (Å²) in [5.41, 5.74) is 0.0571. The average Bonchev–Trinajstić information content (AvgIpc) is 2.14. The third-order valence-corrected chi connectivity index (χ3v) is 1.48. The van der Waals surface area contributed by atoms with Crippen LogP contribution in [-0.4, -0.2) is 21.7 Å². The molecule has 0 saturated heterocycles. The van der Waals surface area contributed by atoms with Crippen LogP contribution in [0, 0.1) is 22.0 Å². The number of phenols is 1. The van der Waals surface area contributed by atoms with E-state index in [1.54, 1.807) is 0 Å². The third kappa shape index (κ3) is 2.21. The maximum absolute atomic E-state index is 10.3. The van der Waals surface area contributed by atoms with Gasteiger partial charge < -0.3 is 10.2 Å². The van der Waals surface area contributed by atoms with Crippen molar-refractivity contribution in [2.45, 2.75) is 0 Å². The molecule has 0 aromatic heterocycles. The molecular formula is C9H7NO4. The lowest BCUT2D eigenvalue weighted by Crippen LogP contribution is -1.88. The lowest BCUT2D eigenvalue weighted by Gasteiger charge is -1.95. The Morgan fingerprint density at radius 3 is 2.71 bits per heavy atom. The zero-order valence-corrected chi connectivity index (χ0v) is 7.10. The number of aliphatic hydroxyl groups is 1. The Balaban J connectivity index is 3.06. The fraction of sp³-hybridized carbons (Fsp3) is 0.111. The summed E-state index contributed by atoms with van der Waals surface area (Å²) < 4.78 is 0. The SMILES string of the molecule is O=[N+]([O-])c1ccc(C#CCO)cc1O. The number of benzene rings is 1. The van der Waals surface area contributed by atoms with Crippen molar-refractivity contribution in [3.05, 3.63) is 33.9 Å². The molecule has 1 aromatic carbocycles. The summed E-state index contributed by atoms with van der Waals surface area (Å²) in [6, 6.07) is 3.75. The highest BCUT2D eigenvalue weighted by atomic mass is 16.6. The first kappa shape index (κ1) is 10.0. The molecule has 0 heterocycles. The molecule has 2 N–H and O–H groups in total. The van der Waals surface area contributed by atoms with E-state index in [2.05, 4.69) is 11.8 Å². The van der Waals surface area contributed by atoms with E-state index in [9.17, 15) is 15.2 Å². The zero-order chi connectivity index (χ0) is 10.6. The number of nitro groups is 1. The van der Waals surface area contributed by atoms with Crippen molar-refractivity contribution in [1.82, 2.24) is 0 Å². The summed E-state index contributed by atoms with van der Waals surface area (Å²) >= 11 is 0. The van der Waals surface area contributed by atoms with Crippen molar-refractivity contribution in [1.29, 1.82) is 0 Å². The minimum atomic E-state index is -0.682. The molecule has 0 unspecified atom stereocenters. The number of hydrogen-bond acceptors (Lipinski definition) is 4. The quantitative estimate of drug-likeness (QED) is 0.389. The van der Waals surface area contributed by atoms with E-state index in [1.165, 1.54) is 12.1 Å². The second-order valence-corrected chi connectivity index (χ2v) is 2.42. The number of nitrogens with zero attached hydrogens (tertiary/aromatic N) is 1. The minimum absolute atomic E-state index is 0.294. The van der Waals surface area contributed by atoms with Crippen LogP contribution < -0.4 is 0 Å². The summed E-state index contributed by atoms with van der Waals surface area (Å²) in [5, 5.41) is 27.9. The van der Waals surface area contributed by atoms with Gasteiger partial charge in [0.2, 0.25) is 0 Å². The molecule has 5 heteroatoms. The maximum atomic E-state index is 10.3. The van der Waals surface area contributed by atoms with Crippen LogP contribution in [0.3, 0.4) is 0 Å². The van der Waals surface area contributed by atoms with E-state index in [-0.39, 0.29) is 12.3 Å². The fourth-order valence-corrected chi connectivity index (χ4v) is 0.897. The monoisotopic (exact) mass is 193 g/mol. The van der Waals surface area contributed by atoms with E-state index in [4.69, 9.17) is 5.11 Å². The molecule has 5 nitrogen and oxygen atoms in total. The van der Waals surface area contributed by atoms with Crippen LogP contribution in [0.15, 0.2) is 18.2 Å². The van der Waals surface area contributed by atoms with Gasteiger partial charge in [0.15, 0.2) is 5.75 Å². The largest absolute Gasteiger partial charge is 0.502 e. The molecular weight excluding hydrogens is 186 g/mol. The van der Waals surface area contributed by atoms with Crippen LogP contribution in [0.2, 0.25) is 0 Å². The number of nitro benzene ring substituents is 1. The van der Waals surface area contributed by atoms with Crippen LogP contribution in [0.4, 0.5) is 5.69 Å². The highest BCUT2D eigenvalue weighted by molar-refractivity contribution is 5.51. The van der Waals surface area contributed by atoms with E-state index in [0.29, 0.717) is 5.56 Å². The second-order valence-electron chi connectivity index (χ2n) is 2.42. The summed E-state index contributed by atoms with van der Waals surface area (Å²) in [6.45, 7) is -0.294. The van der Waals surface area contributed by atoms with E-state index >= 15 is 0 Å². The Kier molecular flexibility index (Phi) is 3.05. The Morgan fingerprint density at radius 1 is 1.50 bits per heavy atom. The van der Waals surface area contributed by atoms with Crippen LogP contribution >= 0.6 is 0 Å². The van der Waals surface area contributed by atoms with Gasteiger partial charge in [-0.1, -0.05) is 11.8 Å². The molecule has 1 rings (SSSR count). The van der Waals surface area contributed by atoms with E-state index < -0.39 is 10.7 Å². The van der Waals surface area contributed by atoms with Gasteiger partial charge in [0.1, 0.15) is 6.61 Å². The van der Waals surface area contributed by atoms with Crippen molar-refractivity contribution < 1.29 is 15.1 Å². The van der Waals surface area contributed by atoms with Crippen LogP contribution in [0.25, 0.3) is 0 Å². The lowest BCUT2D eigenvalue weighted by molar-refractivity contribution is -0.385. The Hall–Kier alpha value is -2.06. The molecule has 1 aromatic rings. The summed E-state index contributed by atoms with van der Waals surface area (Å²) in [4.78, 5) is 9.63. The summed E-state index contributed by atoms with van der Waals surface area (Å²) in [6.07, 6.45) is 0. The van der Waals surface area contributed by atoms with Gasteiger partial charge in [0, 0.05) is 17.7 Å². The van der Waals surface area contributed by atoms with Gasteiger partial charge in [0.25, 0.3) is 0 Å². The van der Waals surface area contributed by atoms with Crippen LogP contribution in [0.5, 0.6) is 5.75 Å². The Bertz CT molecular complexity index is 417. The molecule has 0 aliphatic heterocycles. The molecule has 0 radical (unpaired) electrons. The summed E-state index contributed by atoms with van der Waals surface area (Å²) in [7, 11) is 0. The normalized spacial score (nSPS) is 8.93. The van der Waals surface area contributed by atoms with E-state index in [1.807, 2.05) is 0 Å². The molecule has 0 spiro atoms. The molecule has 0 aliphatic carbocycles. The second kappa shape index (κ2) is 4.25. The highest BCUT2D eigenvalue weighted by Gasteiger charge is 2.11. The van der Waals surface area contributed by atoms with Crippen molar-refractivity contribution in [2.75, 3.05) is 6.61 Å². The lowest BCUT2D eigenvalue weighted by atomic mass is 10.2. The molecule has 0 atom stereocenters. The average molecular weight is 193 g/mol. The van der Waals surface area contributed by atoms with Crippen molar-refractivity contribution in [3.8, 4) is 17.6 Å². The van der Waals surface area contributed by atoms with Crippen molar-refractivity contribution in [3.63, 3.8) is 0 Å². The van der Waals surface area contributed by atoms with Gasteiger partial charge in [-0.05, 0) is 6.07 Å². The summed E-state index contributed by atoms with van der Waals surface area (Å²) in [5.74, 6) is 4.45. The first-order valence-electron chi connectivity index (χ1n) is 3.72. The molecule has 72 valence electrons. The minimum Gasteiger partial charge on any atom is -0.502 e. The maximum Gasteiger partial charge on any atom is 0.310 e. The predicted octanol–water partition coefficient (Wildman–Crippen LogP) is 0.644. The van der Waals surface area contributed by atoms with Crippen molar-refractivity contribution in [2.24, 2.45) is 0 Å². The first-order chi connectivity index (χ1) is 6.65. The van der Waals surface area contributed by atoms with Gasteiger partial charge in [0.05, 0.1) is 4.92 Å². The molecule has 0 bridgehead atoms. The highest BCUT2D eigenvalue weighted by Crippen LogP contribution is 2.25. The van der Waals surface area contributed by atoms with Crippen molar-refractivity contribution >= 4 is 5.69 Å². The number of hydrogen-bond donors (Lipinski definition) is 2. The smallest absolute Gasteiger partial charge is 0.310 e. The fourth-order valence-electron chi connectivity index (χ4n) is 0.897. The number of rotatable bonds is 1. The van der Waals surface area contributed by atoms with Crippen LogP contribution in [-0.2, 0) is 0 Å². The first-order valence-corrected chi connectivity index (χ1v) is 3.72. The van der Waals surface area contributed by atoms with Gasteiger partial charge in [-0.2, -0.15) is 0 Å². The zero-order valence-electron chi connectivity index (χ0n) is 7.10. The van der Waals surface area contributed by atoms with Gasteiger partial charge in [-0.25, -0.2) is 0 Å². The number of aliphatic hydroxyl groups excluding tert-OH is 1. The van der Waals surface area contributed by atoms with Crippen LogP contribution in [0.1, 0.15) is 5.56 Å². The van der Waals surface area contributed by atoms with Gasteiger partial charge in [-0.3, -0.25) is 10.1 Å². The topological polar surface area (TPSA) is 83.6 Å². The Morgan fingerprint density at radius 2 is 2.21 bits per heavy atom. The number of aromatic hydroxyl groups is 1. The molecule has 14 heavy (non-hydrogen) atoms. The number of phenolic OH excluding ortho intramolecular Hbond substituents is 1. The predicted molar refractivity (Wildman–Crippen MR) is 48.7 cm³/mol. The van der Waals surface area contributed by atoms with Gasteiger partial charge >= 0.3 is 5.69 Å². The molecule has 0 amide bonds.